The van der Waals surface area contributed by atoms with E-state index in [1.165, 1.54) is 23.5 Å². The predicted octanol–water partition coefficient (Wildman–Crippen LogP) is 4.66. The Morgan fingerprint density at radius 3 is 2.50 bits per heavy atom. The van der Waals surface area contributed by atoms with Crippen LogP contribution < -0.4 is 0 Å². The number of rotatable bonds is 2. The largest absolute Gasteiger partial charge is 0.207 e. The number of benzene rings is 1. The van der Waals surface area contributed by atoms with E-state index in [1.54, 1.807) is 0 Å². The Morgan fingerprint density at radius 1 is 1.19 bits per heavy atom. The van der Waals surface area contributed by atoms with Gasteiger partial charge in [-0.2, -0.15) is 11.3 Å². The van der Waals surface area contributed by atoms with Crippen LogP contribution in [0.2, 0.25) is 0 Å². The van der Waals surface area contributed by atoms with Crippen LogP contribution in [0.1, 0.15) is 22.1 Å². The molecule has 0 aliphatic heterocycles. The molecule has 0 aliphatic carbocycles. The van der Waals surface area contributed by atoms with Gasteiger partial charge in [0.05, 0.1) is 5.38 Å². The van der Waals surface area contributed by atoms with E-state index in [-0.39, 0.29) is 0 Å². The second-order valence-corrected chi connectivity index (χ2v) is 4.72. The van der Waals surface area contributed by atoms with Crippen LogP contribution in [-0.4, -0.2) is 0 Å². The number of hydrogen-bond acceptors (Lipinski definition) is 1. The van der Waals surface area contributed by atoms with Crippen LogP contribution in [0.25, 0.3) is 0 Å². The second kappa shape index (κ2) is 4.52. The Kier molecular flexibility index (Phi) is 3.26. The maximum absolute atomic E-state index is 13.5. The molecule has 84 valence electrons. The SMILES string of the molecule is Cc1cscc1C(Cl)c1ccc(F)cc1F. The first-order valence-corrected chi connectivity index (χ1v) is 6.09. The van der Waals surface area contributed by atoms with Crippen molar-refractivity contribution in [1.29, 1.82) is 0 Å². The van der Waals surface area contributed by atoms with E-state index in [0.717, 1.165) is 17.2 Å². The lowest BCUT2D eigenvalue weighted by atomic mass is 10.0. The molecule has 1 aromatic heterocycles. The molecule has 1 atom stereocenters. The Labute approximate surface area is 101 Å². The summed E-state index contributed by atoms with van der Waals surface area (Å²) in [6.07, 6.45) is 0. The summed E-state index contributed by atoms with van der Waals surface area (Å²) in [6.45, 7) is 1.92. The molecule has 0 aliphatic rings. The lowest BCUT2D eigenvalue weighted by molar-refractivity contribution is 0.573. The van der Waals surface area contributed by atoms with Crippen LogP contribution in [0.4, 0.5) is 8.78 Å². The molecule has 2 aromatic rings. The highest BCUT2D eigenvalue weighted by Crippen LogP contribution is 2.34. The fourth-order valence-electron chi connectivity index (χ4n) is 1.50. The molecule has 1 heterocycles. The second-order valence-electron chi connectivity index (χ2n) is 3.54. The van der Waals surface area contributed by atoms with Gasteiger partial charge >= 0.3 is 0 Å². The van der Waals surface area contributed by atoms with Crippen molar-refractivity contribution in [1.82, 2.24) is 0 Å². The van der Waals surface area contributed by atoms with Crippen LogP contribution in [0, 0.1) is 18.6 Å². The van der Waals surface area contributed by atoms with Gasteiger partial charge in [0, 0.05) is 11.6 Å². The fraction of sp³-hybridized carbons (Fsp3) is 0.167. The molecule has 0 bridgehead atoms. The molecule has 0 radical (unpaired) electrons. The highest BCUT2D eigenvalue weighted by Gasteiger charge is 2.17. The first kappa shape index (κ1) is 11.6. The first-order valence-electron chi connectivity index (χ1n) is 4.71. The maximum Gasteiger partial charge on any atom is 0.131 e. The van der Waals surface area contributed by atoms with Gasteiger partial charge in [0.2, 0.25) is 0 Å². The van der Waals surface area contributed by atoms with Gasteiger partial charge in [-0.05, 0) is 34.9 Å². The lowest BCUT2D eigenvalue weighted by Gasteiger charge is -2.10. The number of hydrogen-bond donors (Lipinski definition) is 0. The third-order valence-electron chi connectivity index (χ3n) is 2.40. The zero-order chi connectivity index (χ0) is 11.7. The molecule has 0 saturated heterocycles. The summed E-state index contributed by atoms with van der Waals surface area (Å²) in [5, 5.41) is 3.27. The third-order valence-corrected chi connectivity index (χ3v) is 3.75. The molecule has 0 saturated carbocycles. The average Bonchev–Trinajstić information content (AvgIpc) is 2.63. The average molecular weight is 259 g/mol. The number of aryl methyl sites for hydroxylation is 1. The number of halogens is 3. The fourth-order valence-corrected chi connectivity index (χ4v) is 2.87. The van der Waals surface area contributed by atoms with Gasteiger partial charge < -0.3 is 0 Å². The normalized spacial score (nSPS) is 12.8. The van der Waals surface area contributed by atoms with Crippen molar-refractivity contribution >= 4 is 22.9 Å². The van der Waals surface area contributed by atoms with E-state index >= 15 is 0 Å². The molecule has 16 heavy (non-hydrogen) atoms. The van der Waals surface area contributed by atoms with Crippen molar-refractivity contribution in [2.75, 3.05) is 0 Å². The van der Waals surface area contributed by atoms with Crippen LogP contribution in [0.5, 0.6) is 0 Å². The van der Waals surface area contributed by atoms with E-state index in [9.17, 15) is 8.78 Å². The maximum atomic E-state index is 13.5. The van der Waals surface area contributed by atoms with Crippen molar-refractivity contribution in [3.63, 3.8) is 0 Å². The van der Waals surface area contributed by atoms with Crippen molar-refractivity contribution in [3.05, 3.63) is 57.3 Å². The molecule has 0 fully saturated rings. The molecule has 2 rings (SSSR count). The van der Waals surface area contributed by atoms with Gasteiger partial charge in [0.15, 0.2) is 0 Å². The summed E-state index contributed by atoms with van der Waals surface area (Å²) < 4.78 is 26.3. The minimum absolute atomic E-state index is 0.310. The summed E-state index contributed by atoms with van der Waals surface area (Å²) in [5.74, 6) is -1.20. The van der Waals surface area contributed by atoms with Crippen LogP contribution in [-0.2, 0) is 0 Å². The molecule has 1 aromatic carbocycles. The zero-order valence-electron chi connectivity index (χ0n) is 8.51. The summed E-state index contributed by atoms with van der Waals surface area (Å²) in [6, 6.07) is 3.46. The van der Waals surface area contributed by atoms with E-state index in [1.807, 2.05) is 17.7 Å². The Morgan fingerprint density at radius 2 is 1.94 bits per heavy atom. The summed E-state index contributed by atoms with van der Waals surface area (Å²) in [5.41, 5.74) is 2.20. The zero-order valence-corrected chi connectivity index (χ0v) is 10.1. The minimum Gasteiger partial charge on any atom is -0.207 e. The van der Waals surface area contributed by atoms with Crippen molar-refractivity contribution in [3.8, 4) is 0 Å². The van der Waals surface area contributed by atoms with Gasteiger partial charge in [0.1, 0.15) is 11.6 Å². The van der Waals surface area contributed by atoms with Crippen LogP contribution in [0.15, 0.2) is 29.0 Å². The van der Waals surface area contributed by atoms with Gasteiger partial charge in [-0.15, -0.1) is 11.6 Å². The number of thiophene rings is 1. The van der Waals surface area contributed by atoms with Gasteiger partial charge in [-0.25, -0.2) is 8.78 Å². The summed E-state index contributed by atoms with van der Waals surface area (Å²) in [4.78, 5) is 0. The molecule has 0 nitrogen and oxygen atoms in total. The van der Waals surface area contributed by atoms with Gasteiger partial charge in [-0.1, -0.05) is 6.07 Å². The molecule has 0 amide bonds. The molecule has 1 unspecified atom stereocenters. The smallest absolute Gasteiger partial charge is 0.131 e. The quantitative estimate of drug-likeness (QED) is 0.687. The van der Waals surface area contributed by atoms with Crippen molar-refractivity contribution in [2.24, 2.45) is 0 Å². The Hall–Kier alpha value is -0.930. The monoisotopic (exact) mass is 258 g/mol. The topological polar surface area (TPSA) is 0 Å². The van der Waals surface area contributed by atoms with E-state index < -0.39 is 17.0 Å². The van der Waals surface area contributed by atoms with Crippen molar-refractivity contribution in [2.45, 2.75) is 12.3 Å². The third kappa shape index (κ3) is 2.11. The van der Waals surface area contributed by atoms with E-state index in [2.05, 4.69) is 0 Å². The van der Waals surface area contributed by atoms with Crippen LogP contribution >= 0.6 is 22.9 Å². The molecule has 0 N–H and O–H groups in total. The molecule has 0 spiro atoms. The van der Waals surface area contributed by atoms with E-state index in [4.69, 9.17) is 11.6 Å². The molecular formula is C12H9ClF2S. The lowest BCUT2D eigenvalue weighted by Crippen LogP contribution is -1.97. The molecular weight excluding hydrogens is 250 g/mol. The highest BCUT2D eigenvalue weighted by molar-refractivity contribution is 7.08. The minimum atomic E-state index is -0.606. The highest BCUT2D eigenvalue weighted by atomic mass is 35.5. The Bertz CT molecular complexity index is 507. The standard InChI is InChI=1S/C12H9ClF2S/c1-7-5-16-6-10(7)12(13)9-3-2-8(14)4-11(9)15/h2-6,12H,1H3. The predicted molar refractivity (Wildman–Crippen MR) is 63.1 cm³/mol. The first-order chi connectivity index (χ1) is 7.59. The van der Waals surface area contributed by atoms with Crippen LogP contribution in [0.3, 0.4) is 0 Å². The van der Waals surface area contributed by atoms with E-state index in [0.29, 0.717) is 5.56 Å². The van der Waals surface area contributed by atoms with Gasteiger partial charge in [0.25, 0.3) is 0 Å². The summed E-state index contributed by atoms with van der Waals surface area (Å²) >= 11 is 7.70. The van der Waals surface area contributed by atoms with Crippen molar-refractivity contribution < 1.29 is 8.78 Å². The number of alkyl halides is 1. The Balaban J connectivity index is 2.41. The molecule has 4 heteroatoms. The van der Waals surface area contributed by atoms with Gasteiger partial charge in [-0.3, -0.25) is 0 Å². The summed E-state index contributed by atoms with van der Waals surface area (Å²) in [7, 11) is 0.